The largest absolute Gasteiger partial charge is 0.394 e. The van der Waals surface area contributed by atoms with Gasteiger partial charge in [0.15, 0.2) is 0 Å². The fourth-order valence-electron chi connectivity index (χ4n) is 2.87. The van der Waals surface area contributed by atoms with Crippen molar-refractivity contribution in [3.8, 4) is 0 Å². The lowest BCUT2D eigenvalue weighted by Crippen LogP contribution is -2.48. The van der Waals surface area contributed by atoms with E-state index >= 15 is 0 Å². The number of nitrogens with one attached hydrogen (secondary N) is 1. The number of hydrogen-bond donors (Lipinski definition) is 3. The van der Waals surface area contributed by atoms with E-state index in [-0.39, 0.29) is 13.2 Å². The number of fused-ring (bicyclic) bond motifs is 2. The summed E-state index contributed by atoms with van der Waals surface area (Å²) in [5, 5.41) is 27.3. The van der Waals surface area contributed by atoms with Crippen LogP contribution in [0.2, 0.25) is 10.0 Å². The van der Waals surface area contributed by atoms with Crippen LogP contribution < -0.4 is 5.32 Å². The maximum Gasteiger partial charge on any atom is 0.0633 e. The number of halogens is 2. The number of hydrogen-bond acceptors (Lipinski definition) is 3. The van der Waals surface area contributed by atoms with Gasteiger partial charge in [-0.25, -0.2) is 0 Å². The Bertz CT molecular complexity index is 891. The van der Waals surface area contributed by atoms with Gasteiger partial charge in [0.05, 0.1) is 23.8 Å². The first-order valence-corrected chi connectivity index (χ1v) is 8.50. The summed E-state index contributed by atoms with van der Waals surface area (Å²) in [4.78, 5) is 0. The molecule has 0 fully saturated rings. The van der Waals surface area contributed by atoms with Crippen LogP contribution in [0.15, 0.2) is 42.5 Å². The second kappa shape index (κ2) is 6.87. The van der Waals surface area contributed by atoms with Crippen LogP contribution in [-0.2, 0) is 6.54 Å². The van der Waals surface area contributed by atoms with Gasteiger partial charge >= 0.3 is 0 Å². The summed E-state index contributed by atoms with van der Waals surface area (Å²) in [6, 6.07) is 13.6. The molecule has 0 aliphatic carbocycles. The molecule has 0 saturated carbocycles. The Hall–Kier alpha value is -1.36. The van der Waals surface area contributed by atoms with Crippen LogP contribution in [0, 0.1) is 0 Å². The maximum atomic E-state index is 9.51. The lowest BCUT2D eigenvalue weighted by atomic mass is 9.95. The highest BCUT2D eigenvalue weighted by molar-refractivity contribution is 6.46. The standard InChI is InChI=1S/C19H19Cl2NO2/c1-19(10-23,11-24)22-9-15-12-5-2-3-6-14(12)18(21)17-13(15)7-4-8-16(17)20/h2-8,22-24H,9-11H2,1H3. The summed E-state index contributed by atoms with van der Waals surface area (Å²) in [6.45, 7) is 1.94. The molecule has 5 heteroatoms. The van der Waals surface area contributed by atoms with Crippen molar-refractivity contribution in [2.24, 2.45) is 0 Å². The Morgan fingerprint density at radius 2 is 1.54 bits per heavy atom. The van der Waals surface area contributed by atoms with Crippen LogP contribution >= 0.6 is 23.2 Å². The van der Waals surface area contributed by atoms with Crippen molar-refractivity contribution in [1.82, 2.24) is 5.32 Å². The molecule has 0 aliphatic heterocycles. The molecule has 0 amide bonds. The fourth-order valence-corrected chi connectivity index (χ4v) is 3.56. The van der Waals surface area contributed by atoms with Crippen LogP contribution in [0.25, 0.3) is 21.5 Å². The van der Waals surface area contributed by atoms with Crippen molar-refractivity contribution in [2.45, 2.75) is 19.0 Å². The summed E-state index contributed by atoms with van der Waals surface area (Å²) in [5.74, 6) is 0. The molecule has 0 unspecified atom stereocenters. The van der Waals surface area contributed by atoms with Gasteiger partial charge in [0.1, 0.15) is 0 Å². The Morgan fingerprint density at radius 1 is 0.917 bits per heavy atom. The Labute approximate surface area is 150 Å². The Kier molecular flexibility index (Phi) is 5.00. The minimum Gasteiger partial charge on any atom is -0.394 e. The van der Waals surface area contributed by atoms with E-state index in [0.717, 1.165) is 27.1 Å². The Balaban J connectivity index is 2.24. The van der Waals surface area contributed by atoms with Gasteiger partial charge in [-0.15, -0.1) is 0 Å². The number of aliphatic hydroxyl groups is 2. The number of rotatable bonds is 5. The lowest BCUT2D eigenvalue weighted by Gasteiger charge is -2.27. The molecule has 0 aromatic heterocycles. The topological polar surface area (TPSA) is 52.5 Å². The Morgan fingerprint density at radius 3 is 2.21 bits per heavy atom. The van der Waals surface area contributed by atoms with E-state index in [0.29, 0.717) is 16.6 Å². The van der Waals surface area contributed by atoms with Gasteiger partial charge in [-0.1, -0.05) is 59.6 Å². The SMILES string of the molecule is CC(CO)(CO)NCc1c2ccccc2c(Cl)c2c(Cl)cccc12. The molecule has 126 valence electrons. The lowest BCUT2D eigenvalue weighted by molar-refractivity contribution is 0.103. The smallest absolute Gasteiger partial charge is 0.0633 e. The molecular formula is C19H19Cl2NO2. The van der Waals surface area contributed by atoms with E-state index in [1.54, 1.807) is 6.92 Å². The monoisotopic (exact) mass is 363 g/mol. The van der Waals surface area contributed by atoms with Crippen molar-refractivity contribution < 1.29 is 10.2 Å². The highest BCUT2D eigenvalue weighted by atomic mass is 35.5. The van der Waals surface area contributed by atoms with E-state index < -0.39 is 5.54 Å². The molecule has 3 aromatic carbocycles. The van der Waals surface area contributed by atoms with Gasteiger partial charge in [-0.3, -0.25) is 0 Å². The van der Waals surface area contributed by atoms with Gasteiger partial charge in [0, 0.05) is 22.3 Å². The van der Waals surface area contributed by atoms with E-state index in [2.05, 4.69) is 5.32 Å². The summed E-state index contributed by atoms with van der Waals surface area (Å²) in [6.07, 6.45) is 0. The molecule has 0 spiro atoms. The van der Waals surface area contributed by atoms with Crippen LogP contribution in [0.1, 0.15) is 12.5 Å². The molecule has 0 aliphatic rings. The van der Waals surface area contributed by atoms with Crippen LogP contribution in [0.3, 0.4) is 0 Å². The molecular weight excluding hydrogens is 345 g/mol. The molecule has 0 radical (unpaired) electrons. The van der Waals surface area contributed by atoms with Crippen molar-refractivity contribution in [2.75, 3.05) is 13.2 Å². The molecule has 0 heterocycles. The van der Waals surface area contributed by atoms with E-state index in [1.165, 1.54) is 0 Å². The molecule has 0 atom stereocenters. The van der Waals surface area contributed by atoms with Crippen LogP contribution in [-0.4, -0.2) is 29.0 Å². The van der Waals surface area contributed by atoms with Gasteiger partial charge in [0.2, 0.25) is 0 Å². The van der Waals surface area contributed by atoms with Gasteiger partial charge in [-0.05, 0) is 29.3 Å². The van der Waals surface area contributed by atoms with Crippen LogP contribution in [0.4, 0.5) is 0 Å². The maximum absolute atomic E-state index is 9.51. The molecule has 0 bridgehead atoms. The molecule has 3 N–H and O–H groups in total. The molecule has 0 saturated heterocycles. The van der Waals surface area contributed by atoms with Gasteiger partial charge in [0.25, 0.3) is 0 Å². The van der Waals surface area contributed by atoms with Crippen molar-refractivity contribution in [3.05, 3.63) is 58.1 Å². The summed E-state index contributed by atoms with van der Waals surface area (Å²) < 4.78 is 0. The quantitative estimate of drug-likeness (QED) is 0.597. The van der Waals surface area contributed by atoms with E-state index in [9.17, 15) is 10.2 Å². The van der Waals surface area contributed by atoms with E-state index in [4.69, 9.17) is 23.2 Å². The minimum atomic E-state index is -0.758. The highest BCUT2D eigenvalue weighted by Gasteiger charge is 2.23. The normalized spacial score (nSPS) is 12.2. The zero-order valence-corrected chi connectivity index (χ0v) is 14.8. The zero-order valence-electron chi connectivity index (χ0n) is 13.3. The second-order valence-corrected chi connectivity index (χ2v) is 7.02. The van der Waals surface area contributed by atoms with Crippen molar-refractivity contribution in [3.63, 3.8) is 0 Å². The summed E-state index contributed by atoms with van der Waals surface area (Å²) >= 11 is 13.0. The first-order valence-electron chi connectivity index (χ1n) is 7.75. The molecule has 24 heavy (non-hydrogen) atoms. The molecule has 3 aromatic rings. The third-order valence-corrected chi connectivity index (χ3v) is 5.14. The van der Waals surface area contributed by atoms with E-state index in [1.807, 2.05) is 42.5 Å². The first-order chi connectivity index (χ1) is 11.5. The second-order valence-electron chi connectivity index (χ2n) is 6.23. The zero-order chi connectivity index (χ0) is 17.3. The van der Waals surface area contributed by atoms with Crippen molar-refractivity contribution in [1.29, 1.82) is 0 Å². The average Bonchev–Trinajstić information content (AvgIpc) is 2.61. The minimum absolute atomic E-state index is 0.159. The number of benzene rings is 3. The predicted octanol–water partition coefficient (Wildman–Crippen LogP) is 4.13. The molecule has 3 rings (SSSR count). The van der Waals surface area contributed by atoms with Crippen LogP contribution in [0.5, 0.6) is 0 Å². The molecule has 3 nitrogen and oxygen atoms in total. The summed E-state index contributed by atoms with van der Waals surface area (Å²) in [7, 11) is 0. The fraction of sp³-hybridized carbons (Fsp3) is 0.263. The average molecular weight is 364 g/mol. The summed E-state index contributed by atoms with van der Waals surface area (Å²) in [5.41, 5.74) is 0.284. The number of aliphatic hydroxyl groups excluding tert-OH is 2. The van der Waals surface area contributed by atoms with Gasteiger partial charge < -0.3 is 15.5 Å². The first kappa shape index (κ1) is 17.5. The van der Waals surface area contributed by atoms with Crippen molar-refractivity contribution >= 4 is 44.7 Å². The third kappa shape index (κ3) is 2.99. The highest BCUT2D eigenvalue weighted by Crippen LogP contribution is 2.39. The predicted molar refractivity (Wildman–Crippen MR) is 101 cm³/mol. The van der Waals surface area contributed by atoms with Gasteiger partial charge in [-0.2, -0.15) is 0 Å². The third-order valence-electron chi connectivity index (χ3n) is 4.44.